The molecule has 0 aliphatic carbocycles. The molecule has 0 saturated heterocycles. The third kappa shape index (κ3) is 4.22. The summed E-state index contributed by atoms with van der Waals surface area (Å²) in [5.74, 6) is 0.174. The monoisotopic (exact) mass is 255 g/mol. The topological polar surface area (TPSA) is 64.1 Å². The lowest BCUT2D eigenvalue weighted by Gasteiger charge is -2.22. The van der Waals surface area contributed by atoms with Gasteiger partial charge in [-0.1, -0.05) is 0 Å². The van der Waals surface area contributed by atoms with Crippen LogP contribution in [0.15, 0.2) is 12.4 Å². The van der Waals surface area contributed by atoms with E-state index >= 15 is 0 Å². The van der Waals surface area contributed by atoms with Gasteiger partial charge in [0.25, 0.3) is 0 Å². The van der Waals surface area contributed by atoms with Gasteiger partial charge >= 0.3 is 5.97 Å². The Morgan fingerprint density at radius 1 is 1.47 bits per heavy atom. The van der Waals surface area contributed by atoms with Gasteiger partial charge in [0.2, 0.25) is 0 Å². The highest BCUT2D eigenvalue weighted by Gasteiger charge is 2.15. The Labute approximate surface area is 105 Å². The standard InChI is InChI=1S/C11H17N3O2S/c1-11(2,17-4)7-14-9-6-12-8(5-13-9)10(15)16-3/h5-6H,7H2,1-4H3,(H,13,14). The molecule has 0 aliphatic heterocycles. The molecule has 0 aliphatic rings. The molecule has 0 unspecified atom stereocenters. The zero-order valence-corrected chi connectivity index (χ0v) is 11.3. The first-order valence-corrected chi connectivity index (χ1v) is 6.40. The van der Waals surface area contributed by atoms with Crippen LogP contribution < -0.4 is 5.32 Å². The lowest BCUT2D eigenvalue weighted by molar-refractivity contribution is 0.0593. The number of aromatic nitrogens is 2. The molecule has 0 radical (unpaired) electrons. The first-order valence-electron chi connectivity index (χ1n) is 5.18. The highest BCUT2D eigenvalue weighted by molar-refractivity contribution is 7.99. The molecule has 0 atom stereocenters. The van der Waals surface area contributed by atoms with Crippen molar-refractivity contribution in [3.8, 4) is 0 Å². The summed E-state index contributed by atoms with van der Waals surface area (Å²) >= 11 is 1.77. The van der Waals surface area contributed by atoms with Gasteiger partial charge in [0, 0.05) is 11.3 Å². The number of nitrogens with one attached hydrogen (secondary N) is 1. The summed E-state index contributed by atoms with van der Waals surface area (Å²) in [5, 5.41) is 3.17. The van der Waals surface area contributed by atoms with E-state index in [4.69, 9.17) is 0 Å². The van der Waals surface area contributed by atoms with Gasteiger partial charge < -0.3 is 10.1 Å². The van der Waals surface area contributed by atoms with Crippen molar-refractivity contribution in [3.63, 3.8) is 0 Å². The molecular formula is C11H17N3O2S. The Hall–Kier alpha value is -1.30. The van der Waals surface area contributed by atoms with E-state index in [1.54, 1.807) is 11.8 Å². The summed E-state index contributed by atoms with van der Waals surface area (Å²) < 4.78 is 4.67. The van der Waals surface area contributed by atoms with E-state index in [1.165, 1.54) is 19.5 Å². The molecule has 1 aromatic heterocycles. The molecule has 17 heavy (non-hydrogen) atoms. The third-order valence-corrected chi connectivity index (χ3v) is 3.54. The highest BCUT2D eigenvalue weighted by atomic mass is 32.2. The third-order valence-electron chi connectivity index (χ3n) is 2.29. The molecular weight excluding hydrogens is 238 g/mol. The van der Waals surface area contributed by atoms with Crippen LogP contribution in [0, 0.1) is 0 Å². The number of esters is 1. The first-order chi connectivity index (χ1) is 7.98. The maximum Gasteiger partial charge on any atom is 0.358 e. The lowest BCUT2D eigenvalue weighted by atomic mass is 10.2. The Morgan fingerprint density at radius 3 is 2.65 bits per heavy atom. The number of nitrogens with zero attached hydrogens (tertiary/aromatic N) is 2. The number of hydrogen-bond donors (Lipinski definition) is 1. The van der Waals surface area contributed by atoms with Crippen molar-refractivity contribution in [3.05, 3.63) is 18.1 Å². The Kier molecular flexibility index (Phi) is 4.74. The van der Waals surface area contributed by atoms with Gasteiger partial charge in [0.05, 0.1) is 19.5 Å². The first kappa shape index (κ1) is 13.8. The highest BCUT2D eigenvalue weighted by Crippen LogP contribution is 2.21. The van der Waals surface area contributed by atoms with Crippen molar-refractivity contribution in [2.24, 2.45) is 0 Å². The minimum absolute atomic E-state index is 0.128. The molecule has 0 spiro atoms. The number of carbonyl (C=O) groups excluding carboxylic acids is 1. The molecule has 1 rings (SSSR count). The van der Waals surface area contributed by atoms with Crippen LogP contribution in [-0.4, -0.2) is 40.6 Å². The van der Waals surface area contributed by atoms with Crippen LogP contribution in [0.5, 0.6) is 0 Å². The van der Waals surface area contributed by atoms with Crippen molar-refractivity contribution in [2.75, 3.05) is 25.2 Å². The van der Waals surface area contributed by atoms with E-state index in [-0.39, 0.29) is 10.4 Å². The minimum Gasteiger partial charge on any atom is -0.464 e. The van der Waals surface area contributed by atoms with E-state index in [2.05, 4.69) is 40.1 Å². The van der Waals surface area contributed by atoms with Crippen molar-refractivity contribution < 1.29 is 9.53 Å². The number of anilines is 1. The molecule has 0 aromatic carbocycles. The summed E-state index contributed by atoms with van der Waals surface area (Å²) in [5.41, 5.74) is 0.210. The molecule has 94 valence electrons. The molecule has 5 nitrogen and oxygen atoms in total. The summed E-state index contributed by atoms with van der Waals surface area (Å²) in [6, 6.07) is 0. The van der Waals surface area contributed by atoms with Crippen LogP contribution >= 0.6 is 11.8 Å². The number of thioether (sulfide) groups is 1. The molecule has 1 aromatic rings. The number of methoxy groups -OCH3 is 1. The van der Waals surface area contributed by atoms with Crippen LogP contribution in [0.25, 0.3) is 0 Å². The average Bonchev–Trinajstić information content (AvgIpc) is 2.36. The van der Waals surface area contributed by atoms with E-state index in [1.807, 2.05) is 0 Å². The predicted octanol–water partition coefficient (Wildman–Crippen LogP) is 1.82. The summed E-state index contributed by atoms with van der Waals surface area (Å²) in [4.78, 5) is 19.2. The number of ether oxygens (including phenoxy) is 1. The van der Waals surface area contributed by atoms with Crippen molar-refractivity contribution in [2.45, 2.75) is 18.6 Å². The van der Waals surface area contributed by atoms with Gasteiger partial charge in [0.1, 0.15) is 5.82 Å². The van der Waals surface area contributed by atoms with Crippen LogP contribution in [0.1, 0.15) is 24.3 Å². The zero-order chi connectivity index (χ0) is 12.9. The summed E-state index contributed by atoms with van der Waals surface area (Å²) in [6.07, 6.45) is 5.00. The van der Waals surface area contributed by atoms with E-state index in [0.29, 0.717) is 5.82 Å². The second-order valence-electron chi connectivity index (χ2n) is 4.10. The normalized spacial score (nSPS) is 11.1. The molecule has 0 saturated carbocycles. The van der Waals surface area contributed by atoms with Crippen LogP contribution in [0.3, 0.4) is 0 Å². The summed E-state index contributed by atoms with van der Waals surface area (Å²) in [7, 11) is 1.32. The van der Waals surface area contributed by atoms with E-state index in [0.717, 1.165) is 6.54 Å². The van der Waals surface area contributed by atoms with Crippen molar-refractivity contribution >= 4 is 23.5 Å². The van der Waals surface area contributed by atoms with Gasteiger partial charge in [-0.05, 0) is 20.1 Å². The second-order valence-corrected chi connectivity index (χ2v) is 5.61. The van der Waals surface area contributed by atoms with E-state index in [9.17, 15) is 4.79 Å². The Morgan fingerprint density at radius 2 is 2.18 bits per heavy atom. The average molecular weight is 255 g/mol. The smallest absolute Gasteiger partial charge is 0.358 e. The molecule has 0 fully saturated rings. The van der Waals surface area contributed by atoms with E-state index < -0.39 is 5.97 Å². The fraction of sp³-hybridized carbons (Fsp3) is 0.545. The fourth-order valence-electron chi connectivity index (χ4n) is 1.00. The van der Waals surface area contributed by atoms with Crippen molar-refractivity contribution in [1.82, 2.24) is 9.97 Å². The minimum atomic E-state index is -0.478. The van der Waals surface area contributed by atoms with Crippen molar-refractivity contribution in [1.29, 1.82) is 0 Å². The fourth-order valence-corrected chi connectivity index (χ4v) is 1.22. The van der Waals surface area contributed by atoms with Gasteiger partial charge in [-0.3, -0.25) is 0 Å². The van der Waals surface area contributed by atoms with Gasteiger partial charge in [-0.2, -0.15) is 11.8 Å². The van der Waals surface area contributed by atoms with Crippen LogP contribution in [0.4, 0.5) is 5.82 Å². The lowest BCUT2D eigenvalue weighted by Crippen LogP contribution is -2.26. The zero-order valence-electron chi connectivity index (χ0n) is 10.5. The maximum absolute atomic E-state index is 11.1. The maximum atomic E-state index is 11.1. The Bertz CT molecular complexity index is 379. The molecule has 0 amide bonds. The SMILES string of the molecule is COC(=O)c1cnc(NCC(C)(C)SC)cn1. The molecule has 6 heteroatoms. The summed E-state index contributed by atoms with van der Waals surface area (Å²) in [6.45, 7) is 5.06. The number of rotatable bonds is 5. The molecule has 1 N–H and O–H groups in total. The molecule has 1 heterocycles. The largest absolute Gasteiger partial charge is 0.464 e. The van der Waals surface area contributed by atoms with Gasteiger partial charge in [-0.25, -0.2) is 14.8 Å². The number of hydrogen-bond acceptors (Lipinski definition) is 6. The second kappa shape index (κ2) is 5.86. The number of carbonyl (C=O) groups is 1. The quantitative estimate of drug-likeness (QED) is 0.810. The van der Waals surface area contributed by atoms with Crippen LogP contribution in [-0.2, 0) is 4.74 Å². The Balaban J connectivity index is 2.60. The van der Waals surface area contributed by atoms with Gasteiger partial charge in [0.15, 0.2) is 5.69 Å². The molecule has 0 bridgehead atoms. The van der Waals surface area contributed by atoms with Gasteiger partial charge in [-0.15, -0.1) is 0 Å². The predicted molar refractivity (Wildman–Crippen MR) is 69.5 cm³/mol. The van der Waals surface area contributed by atoms with Crippen LogP contribution in [0.2, 0.25) is 0 Å².